The maximum absolute atomic E-state index is 11.3. The van der Waals surface area contributed by atoms with E-state index in [1.807, 2.05) is 6.92 Å². The molecule has 0 aliphatic rings. The van der Waals surface area contributed by atoms with Crippen molar-refractivity contribution < 1.29 is 4.73 Å². The zero-order valence-corrected chi connectivity index (χ0v) is 7.32. The fourth-order valence-corrected chi connectivity index (χ4v) is 1.51. The summed E-state index contributed by atoms with van der Waals surface area (Å²) in [6, 6.07) is 7.12. The van der Waals surface area contributed by atoms with Crippen molar-refractivity contribution in [2.75, 3.05) is 5.73 Å². The zero-order valence-electron chi connectivity index (χ0n) is 7.32. The van der Waals surface area contributed by atoms with Gasteiger partial charge in [-0.05, 0) is 18.6 Å². The highest BCUT2D eigenvalue weighted by molar-refractivity contribution is 5.90. The molecule has 66 valence electrons. The summed E-state index contributed by atoms with van der Waals surface area (Å²) in [5.74, 6) is 0. The number of benzene rings is 1. The van der Waals surface area contributed by atoms with Gasteiger partial charge in [-0.3, -0.25) is 0 Å². The van der Waals surface area contributed by atoms with Crippen LogP contribution in [0.5, 0.6) is 0 Å². The van der Waals surface area contributed by atoms with E-state index in [0.29, 0.717) is 11.2 Å². The minimum Gasteiger partial charge on any atom is -0.618 e. The zero-order chi connectivity index (χ0) is 9.42. The van der Waals surface area contributed by atoms with E-state index in [1.165, 1.54) is 6.20 Å². The average Bonchev–Trinajstić information content (AvgIpc) is 2.12. The van der Waals surface area contributed by atoms with Crippen LogP contribution in [0.2, 0.25) is 0 Å². The quantitative estimate of drug-likeness (QED) is 0.372. The van der Waals surface area contributed by atoms with E-state index in [4.69, 9.17) is 5.73 Å². The highest BCUT2D eigenvalue weighted by atomic mass is 16.5. The van der Waals surface area contributed by atoms with Crippen molar-refractivity contribution in [3.63, 3.8) is 0 Å². The van der Waals surface area contributed by atoms with Gasteiger partial charge in [0.1, 0.15) is 0 Å². The summed E-state index contributed by atoms with van der Waals surface area (Å²) in [6.45, 7) is 1.94. The largest absolute Gasteiger partial charge is 0.618 e. The molecule has 3 nitrogen and oxygen atoms in total. The Kier molecular flexibility index (Phi) is 1.59. The van der Waals surface area contributed by atoms with E-state index < -0.39 is 0 Å². The highest BCUT2D eigenvalue weighted by Crippen LogP contribution is 2.20. The molecule has 0 saturated carbocycles. The van der Waals surface area contributed by atoms with Gasteiger partial charge in [-0.25, -0.2) is 0 Å². The third-order valence-corrected chi connectivity index (χ3v) is 2.17. The molecule has 2 aromatic rings. The van der Waals surface area contributed by atoms with E-state index in [0.717, 1.165) is 15.7 Å². The van der Waals surface area contributed by atoms with Gasteiger partial charge >= 0.3 is 0 Å². The standard InChI is InChI=1S/C10H10N2O/c1-7-5-6-12(13)9-4-2-3-8(11)10(7)9/h2-6H,11H2,1H3. The third-order valence-electron chi connectivity index (χ3n) is 2.17. The molecular weight excluding hydrogens is 164 g/mol. The van der Waals surface area contributed by atoms with Crippen LogP contribution in [0, 0.1) is 12.1 Å². The number of aryl methyl sites for hydroxylation is 1. The second kappa shape index (κ2) is 2.62. The maximum Gasteiger partial charge on any atom is 0.226 e. The first-order valence-corrected chi connectivity index (χ1v) is 4.07. The lowest BCUT2D eigenvalue weighted by atomic mass is 10.1. The second-order valence-corrected chi connectivity index (χ2v) is 3.07. The van der Waals surface area contributed by atoms with Gasteiger partial charge < -0.3 is 10.9 Å². The topological polar surface area (TPSA) is 53.0 Å². The smallest absolute Gasteiger partial charge is 0.226 e. The molecule has 0 saturated heterocycles. The Morgan fingerprint density at radius 1 is 1.31 bits per heavy atom. The van der Waals surface area contributed by atoms with Crippen molar-refractivity contribution in [1.82, 2.24) is 0 Å². The van der Waals surface area contributed by atoms with Gasteiger partial charge in [-0.2, -0.15) is 4.73 Å². The molecule has 0 spiro atoms. The summed E-state index contributed by atoms with van der Waals surface area (Å²) in [5, 5.41) is 12.2. The van der Waals surface area contributed by atoms with Crippen molar-refractivity contribution >= 4 is 16.6 Å². The summed E-state index contributed by atoms with van der Waals surface area (Å²) in [6.07, 6.45) is 1.50. The lowest BCUT2D eigenvalue weighted by Gasteiger charge is -2.05. The molecule has 1 heterocycles. The van der Waals surface area contributed by atoms with E-state index in [9.17, 15) is 5.21 Å². The van der Waals surface area contributed by atoms with Crippen LogP contribution in [-0.4, -0.2) is 0 Å². The van der Waals surface area contributed by atoms with Crippen LogP contribution in [0.15, 0.2) is 30.5 Å². The molecule has 13 heavy (non-hydrogen) atoms. The molecule has 0 unspecified atom stereocenters. The number of hydrogen-bond acceptors (Lipinski definition) is 2. The Hall–Kier alpha value is -1.77. The third kappa shape index (κ3) is 1.09. The van der Waals surface area contributed by atoms with Crippen LogP contribution in [0.1, 0.15) is 5.56 Å². The first-order valence-electron chi connectivity index (χ1n) is 4.07. The highest BCUT2D eigenvalue weighted by Gasteiger charge is 2.07. The predicted molar refractivity (Wildman–Crippen MR) is 52.1 cm³/mol. The SMILES string of the molecule is Cc1cc[n+]([O-])c2cccc(N)c12. The molecule has 0 bridgehead atoms. The first kappa shape index (κ1) is 7.86. The number of nitrogens with two attached hydrogens (primary N) is 1. The molecular formula is C10H10N2O. The normalized spacial score (nSPS) is 10.5. The number of nitrogens with zero attached hydrogens (tertiary/aromatic N) is 1. The number of anilines is 1. The summed E-state index contributed by atoms with van der Waals surface area (Å²) in [4.78, 5) is 0. The second-order valence-electron chi connectivity index (χ2n) is 3.07. The molecule has 1 aromatic carbocycles. The molecule has 0 aliphatic carbocycles. The van der Waals surface area contributed by atoms with E-state index in [-0.39, 0.29) is 0 Å². The van der Waals surface area contributed by atoms with Crippen LogP contribution in [0.25, 0.3) is 10.9 Å². The van der Waals surface area contributed by atoms with Crippen molar-refractivity contribution in [3.8, 4) is 0 Å². The molecule has 1 aromatic heterocycles. The average molecular weight is 174 g/mol. The molecule has 0 atom stereocenters. The van der Waals surface area contributed by atoms with Crippen molar-refractivity contribution in [3.05, 3.63) is 41.2 Å². The molecule has 3 heteroatoms. The minimum absolute atomic E-state index is 0.625. The lowest BCUT2D eigenvalue weighted by molar-refractivity contribution is -0.577. The Morgan fingerprint density at radius 2 is 2.08 bits per heavy atom. The van der Waals surface area contributed by atoms with Gasteiger partial charge in [0.05, 0.1) is 5.39 Å². The fourth-order valence-electron chi connectivity index (χ4n) is 1.51. The van der Waals surface area contributed by atoms with Crippen molar-refractivity contribution in [2.24, 2.45) is 0 Å². The Balaban J connectivity index is 3.00. The van der Waals surface area contributed by atoms with E-state index >= 15 is 0 Å². The van der Waals surface area contributed by atoms with Crippen LogP contribution < -0.4 is 10.5 Å². The molecule has 2 rings (SSSR count). The van der Waals surface area contributed by atoms with Gasteiger partial charge in [0.2, 0.25) is 5.52 Å². The molecule has 0 radical (unpaired) electrons. The number of rotatable bonds is 0. The van der Waals surface area contributed by atoms with E-state index in [1.54, 1.807) is 24.3 Å². The van der Waals surface area contributed by atoms with Gasteiger partial charge in [-0.15, -0.1) is 0 Å². The Bertz CT molecular complexity index is 457. The molecule has 2 N–H and O–H groups in total. The Morgan fingerprint density at radius 3 is 2.77 bits per heavy atom. The number of hydrogen-bond donors (Lipinski definition) is 1. The minimum atomic E-state index is 0.625. The molecule has 0 amide bonds. The maximum atomic E-state index is 11.3. The van der Waals surface area contributed by atoms with Crippen molar-refractivity contribution in [2.45, 2.75) is 6.92 Å². The molecule has 0 fully saturated rings. The summed E-state index contributed by atoms with van der Waals surface area (Å²) in [5.41, 5.74) is 8.08. The summed E-state index contributed by atoms with van der Waals surface area (Å²) in [7, 11) is 0. The van der Waals surface area contributed by atoms with Crippen molar-refractivity contribution in [1.29, 1.82) is 0 Å². The van der Waals surface area contributed by atoms with Crippen LogP contribution >= 0.6 is 0 Å². The number of pyridine rings is 1. The number of fused-ring (bicyclic) bond motifs is 1. The van der Waals surface area contributed by atoms with Gasteiger partial charge in [0.15, 0.2) is 6.20 Å². The van der Waals surface area contributed by atoms with E-state index in [2.05, 4.69) is 0 Å². The van der Waals surface area contributed by atoms with Crippen LogP contribution in [0.3, 0.4) is 0 Å². The molecule has 0 aliphatic heterocycles. The Labute approximate surface area is 76.0 Å². The van der Waals surface area contributed by atoms with Crippen LogP contribution in [-0.2, 0) is 0 Å². The summed E-state index contributed by atoms with van der Waals surface area (Å²) < 4.78 is 0.832. The van der Waals surface area contributed by atoms with Gasteiger partial charge in [0.25, 0.3) is 0 Å². The summed E-state index contributed by atoms with van der Waals surface area (Å²) >= 11 is 0. The van der Waals surface area contributed by atoms with Gasteiger partial charge in [-0.1, -0.05) is 6.07 Å². The lowest BCUT2D eigenvalue weighted by Crippen LogP contribution is -2.26. The predicted octanol–water partition coefficient (Wildman–Crippen LogP) is 1.36. The number of nitrogen functional groups attached to an aromatic ring is 1. The fraction of sp³-hybridized carbons (Fsp3) is 0.100. The monoisotopic (exact) mass is 174 g/mol. The number of aromatic nitrogens is 1. The van der Waals surface area contributed by atoms with Crippen LogP contribution in [0.4, 0.5) is 5.69 Å². The first-order chi connectivity index (χ1) is 6.20. The van der Waals surface area contributed by atoms with Gasteiger partial charge in [0, 0.05) is 17.8 Å².